The van der Waals surface area contributed by atoms with Gasteiger partial charge in [0.1, 0.15) is 0 Å². The maximum absolute atomic E-state index is 2.61. The Bertz CT molecular complexity index is 455. The number of rotatable bonds is 0. The Morgan fingerprint density at radius 3 is 2.84 bits per heavy atom. The van der Waals surface area contributed by atoms with Crippen LogP contribution in [0, 0.1) is 22.7 Å². The summed E-state index contributed by atoms with van der Waals surface area (Å²) in [6, 6.07) is 0. The molecule has 0 N–H and O–H groups in total. The molecule has 1 unspecified atom stereocenters. The standard InChI is InChI=1S/C19H28/c1-18-11-5-7-16(18)15-9-8-14-6-3-4-12-19(14,2)17(15)10-13-18/h4,12,14,17H,3,5-11,13H2,1-2H3/t14?,17-,18-,19-/m0/s1. The van der Waals surface area contributed by atoms with Gasteiger partial charge in [-0.1, -0.05) is 37.1 Å². The summed E-state index contributed by atoms with van der Waals surface area (Å²) in [5.41, 5.74) is 4.95. The van der Waals surface area contributed by atoms with Crippen molar-refractivity contribution >= 4 is 0 Å². The van der Waals surface area contributed by atoms with Gasteiger partial charge in [0.2, 0.25) is 0 Å². The van der Waals surface area contributed by atoms with Crippen molar-refractivity contribution in [3.8, 4) is 0 Å². The highest BCUT2D eigenvalue weighted by Gasteiger charge is 2.50. The van der Waals surface area contributed by atoms with Crippen molar-refractivity contribution < 1.29 is 0 Å². The first-order valence-electron chi connectivity index (χ1n) is 8.54. The van der Waals surface area contributed by atoms with E-state index in [0.717, 1.165) is 11.8 Å². The molecule has 0 saturated heterocycles. The lowest BCUT2D eigenvalue weighted by atomic mass is 9.51. The Labute approximate surface area is 118 Å². The molecule has 0 radical (unpaired) electrons. The molecule has 0 heteroatoms. The van der Waals surface area contributed by atoms with Gasteiger partial charge in [-0.25, -0.2) is 0 Å². The summed E-state index contributed by atoms with van der Waals surface area (Å²) in [6.45, 7) is 5.14. The quantitative estimate of drug-likeness (QED) is 0.491. The van der Waals surface area contributed by atoms with Gasteiger partial charge in [0.15, 0.2) is 0 Å². The summed E-state index contributed by atoms with van der Waals surface area (Å²) < 4.78 is 0. The number of hydrogen-bond donors (Lipinski definition) is 0. The van der Waals surface area contributed by atoms with Gasteiger partial charge in [-0.2, -0.15) is 0 Å². The van der Waals surface area contributed by atoms with Crippen LogP contribution in [0.1, 0.15) is 71.6 Å². The van der Waals surface area contributed by atoms with Gasteiger partial charge in [0.25, 0.3) is 0 Å². The molecule has 0 aromatic heterocycles. The van der Waals surface area contributed by atoms with E-state index in [0.29, 0.717) is 10.8 Å². The van der Waals surface area contributed by atoms with E-state index in [-0.39, 0.29) is 0 Å². The van der Waals surface area contributed by atoms with Crippen LogP contribution in [0.2, 0.25) is 0 Å². The van der Waals surface area contributed by atoms with Crippen LogP contribution in [0.3, 0.4) is 0 Å². The first-order chi connectivity index (χ1) is 9.13. The third-order valence-electron chi connectivity index (χ3n) is 7.23. The molecule has 0 spiro atoms. The van der Waals surface area contributed by atoms with Gasteiger partial charge in [0, 0.05) is 0 Å². The highest BCUT2D eigenvalue weighted by Crippen LogP contribution is 2.62. The average molecular weight is 256 g/mol. The van der Waals surface area contributed by atoms with Crippen molar-refractivity contribution in [3.63, 3.8) is 0 Å². The van der Waals surface area contributed by atoms with Crippen molar-refractivity contribution in [3.05, 3.63) is 23.3 Å². The number of allylic oxidation sites excluding steroid dienone is 4. The maximum Gasteiger partial charge on any atom is -0.00526 e. The summed E-state index contributed by atoms with van der Waals surface area (Å²) in [6.07, 6.45) is 18.0. The van der Waals surface area contributed by atoms with Crippen LogP contribution < -0.4 is 0 Å². The molecular formula is C19H28. The molecule has 4 atom stereocenters. The largest absolute Gasteiger partial charge is 0.0879 e. The molecule has 0 nitrogen and oxygen atoms in total. The second-order valence-corrected chi connectivity index (χ2v) is 8.09. The van der Waals surface area contributed by atoms with Gasteiger partial charge in [-0.3, -0.25) is 0 Å². The van der Waals surface area contributed by atoms with Crippen LogP contribution in [0.15, 0.2) is 23.3 Å². The Hall–Kier alpha value is -0.520. The summed E-state index contributed by atoms with van der Waals surface area (Å²) in [5.74, 6) is 1.86. The molecule has 4 rings (SSSR count). The molecule has 0 heterocycles. The summed E-state index contributed by atoms with van der Waals surface area (Å²) in [7, 11) is 0. The zero-order valence-electron chi connectivity index (χ0n) is 12.7. The van der Waals surface area contributed by atoms with Crippen LogP contribution in [0.25, 0.3) is 0 Å². The van der Waals surface area contributed by atoms with Gasteiger partial charge in [-0.15, -0.1) is 0 Å². The third kappa shape index (κ3) is 1.58. The third-order valence-corrected chi connectivity index (χ3v) is 7.23. The van der Waals surface area contributed by atoms with E-state index in [1.165, 1.54) is 57.8 Å². The predicted octanol–water partition coefficient (Wildman–Crippen LogP) is 5.65. The van der Waals surface area contributed by atoms with Crippen LogP contribution >= 0.6 is 0 Å². The monoisotopic (exact) mass is 256 g/mol. The summed E-state index contributed by atoms with van der Waals surface area (Å²) >= 11 is 0. The smallest absolute Gasteiger partial charge is 0.00526 e. The van der Waals surface area contributed by atoms with Crippen LogP contribution in [0.4, 0.5) is 0 Å². The van der Waals surface area contributed by atoms with Crippen LogP contribution in [-0.2, 0) is 0 Å². The van der Waals surface area contributed by atoms with E-state index in [1.807, 2.05) is 11.1 Å². The van der Waals surface area contributed by atoms with Crippen molar-refractivity contribution in [1.82, 2.24) is 0 Å². The van der Waals surface area contributed by atoms with Crippen molar-refractivity contribution in [2.75, 3.05) is 0 Å². The van der Waals surface area contributed by atoms with Crippen molar-refractivity contribution in [2.45, 2.75) is 71.6 Å². The van der Waals surface area contributed by atoms with Crippen molar-refractivity contribution in [1.29, 1.82) is 0 Å². The highest BCUT2D eigenvalue weighted by atomic mass is 14.5. The average Bonchev–Trinajstić information content (AvgIpc) is 2.79. The van der Waals surface area contributed by atoms with Gasteiger partial charge in [-0.05, 0) is 80.5 Å². The molecule has 0 aromatic rings. The molecule has 4 aliphatic carbocycles. The minimum atomic E-state index is 0.503. The topological polar surface area (TPSA) is 0 Å². The number of hydrogen-bond acceptors (Lipinski definition) is 0. The summed E-state index contributed by atoms with van der Waals surface area (Å²) in [4.78, 5) is 0. The molecule has 2 saturated carbocycles. The lowest BCUT2D eigenvalue weighted by molar-refractivity contribution is 0.0888. The zero-order valence-corrected chi connectivity index (χ0v) is 12.7. The highest BCUT2D eigenvalue weighted by molar-refractivity contribution is 5.34. The van der Waals surface area contributed by atoms with E-state index in [4.69, 9.17) is 0 Å². The molecule has 2 fully saturated rings. The molecule has 0 aliphatic heterocycles. The lowest BCUT2D eigenvalue weighted by Crippen LogP contribution is -2.43. The zero-order chi connectivity index (χ0) is 13.1. The molecule has 19 heavy (non-hydrogen) atoms. The number of fused-ring (bicyclic) bond motifs is 4. The molecule has 104 valence electrons. The Balaban J connectivity index is 1.80. The molecular weight excluding hydrogens is 228 g/mol. The van der Waals surface area contributed by atoms with Gasteiger partial charge in [0.05, 0.1) is 0 Å². The van der Waals surface area contributed by atoms with E-state index in [9.17, 15) is 0 Å². The molecule has 0 amide bonds. The van der Waals surface area contributed by atoms with E-state index in [2.05, 4.69) is 26.0 Å². The van der Waals surface area contributed by atoms with E-state index in [1.54, 1.807) is 0 Å². The second kappa shape index (κ2) is 3.99. The molecule has 0 aromatic carbocycles. The predicted molar refractivity (Wildman–Crippen MR) is 80.9 cm³/mol. The van der Waals surface area contributed by atoms with Crippen LogP contribution in [-0.4, -0.2) is 0 Å². The fourth-order valence-corrected chi connectivity index (χ4v) is 6.06. The molecule has 0 bridgehead atoms. The normalized spacial score (nSPS) is 48.7. The van der Waals surface area contributed by atoms with Crippen molar-refractivity contribution in [2.24, 2.45) is 22.7 Å². The Morgan fingerprint density at radius 1 is 1.05 bits per heavy atom. The Morgan fingerprint density at radius 2 is 1.95 bits per heavy atom. The lowest BCUT2D eigenvalue weighted by Gasteiger charge is -2.53. The second-order valence-electron chi connectivity index (χ2n) is 8.09. The SMILES string of the molecule is C[C@@]12CCCC1=C1CCC3CCC=C[C@]3(C)[C@H]1CC2. The first kappa shape index (κ1) is 12.2. The van der Waals surface area contributed by atoms with Gasteiger partial charge >= 0.3 is 0 Å². The Kier molecular flexibility index (Phi) is 2.57. The fraction of sp³-hybridized carbons (Fsp3) is 0.789. The van der Waals surface area contributed by atoms with E-state index >= 15 is 0 Å². The minimum absolute atomic E-state index is 0.503. The first-order valence-corrected chi connectivity index (χ1v) is 8.54. The molecule has 4 aliphatic rings. The fourth-order valence-electron chi connectivity index (χ4n) is 6.06. The van der Waals surface area contributed by atoms with E-state index < -0.39 is 0 Å². The maximum atomic E-state index is 2.61. The van der Waals surface area contributed by atoms with Gasteiger partial charge < -0.3 is 0 Å². The minimum Gasteiger partial charge on any atom is -0.0879 e. The van der Waals surface area contributed by atoms with Crippen LogP contribution in [0.5, 0.6) is 0 Å². The summed E-state index contributed by atoms with van der Waals surface area (Å²) in [5, 5.41) is 0.